The quantitative estimate of drug-likeness (QED) is 0.523. The number of anilines is 1. The number of nitrogens with zero attached hydrogens (tertiary/aromatic N) is 1. The highest BCUT2D eigenvalue weighted by Gasteiger charge is 2.32. The largest absolute Gasteiger partial charge is 0.495 e. The van der Waals surface area contributed by atoms with Crippen molar-refractivity contribution in [3.63, 3.8) is 0 Å². The summed E-state index contributed by atoms with van der Waals surface area (Å²) in [6, 6.07) is 13.4. The average Bonchev–Trinajstić information content (AvgIpc) is 3.32. The van der Waals surface area contributed by atoms with Gasteiger partial charge in [-0.1, -0.05) is 17.7 Å². The van der Waals surface area contributed by atoms with Gasteiger partial charge in [0.25, 0.3) is 0 Å². The summed E-state index contributed by atoms with van der Waals surface area (Å²) in [6.07, 6.45) is 0.819. The van der Waals surface area contributed by atoms with E-state index in [-0.39, 0.29) is 18.5 Å². The Morgan fingerprint density at radius 3 is 2.50 bits per heavy atom. The van der Waals surface area contributed by atoms with E-state index >= 15 is 0 Å². The minimum Gasteiger partial charge on any atom is -0.495 e. The van der Waals surface area contributed by atoms with Gasteiger partial charge in [-0.05, 0) is 59.3 Å². The van der Waals surface area contributed by atoms with Crippen molar-refractivity contribution in [1.29, 1.82) is 0 Å². The Labute approximate surface area is 196 Å². The molecule has 1 aliphatic heterocycles. The third kappa shape index (κ3) is 4.55. The number of fused-ring (bicyclic) bond motifs is 1. The molecule has 8 heteroatoms. The third-order valence-corrected chi connectivity index (χ3v) is 6.79. The Balaban J connectivity index is 1.60. The van der Waals surface area contributed by atoms with E-state index in [1.807, 2.05) is 18.2 Å². The van der Waals surface area contributed by atoms with Crippen molar-refractivity contribution in [1.82, 2.24) is 4.90 Å². The minimum absolute atomic E-state index is 0.0382. The molecule has 0 radical (unpaired) electrons. The summed E-state index contributed by atoms with van der Waals surface area (Å²) in [7, 11) is 4.84. The van der Waals surface area contributed by atoms with Gasteiger partial charge in [0.2, 0.25) is 5.91 Å². The number of carbonyl (C=O) groups excluding carboxylic acids is 1. The van der Waals surface area contributed by atoms with Crippen molar-refractivity contribution >= 4 is 34.5 Å². The molecule has 1 aliphatic rings. The Morgan fingerprint density at radius 2 is 1.84 bits per heavy atom. The molecule has 0 saturated heterocycles. The number of rotatable bonds is 7. The van der Waals surface area contributed by atoms with E-state index in [2.05, 4.69) is 21.7 Å². The van der Waals surface area contributed by atoms with Crippen LogP contribution in [0.5, 0.6) is 17.2 Å². The average molecular weight is 473 g/mol. The van der Waals surface area contributed by atoms with Crippen LogP contribution in [0.4, 0.5) is 5.69 Å². The molecule has 3 aromatic rings. The SMILES string of the molecule is COc1ccc(NC(=O)CN2CCc3cc(OC)c(OC)cc3C2c2cccs2)cc1Cl. The number of carbonyl (C=O) groups is 1. The van der Waals surface area contributed by atoms with Crippen molar-refractivity contribution in [3.05, 3.63) is 68.9 Å². The Hall–Kier alpha value is -2.74. The van der Waals surface area contributed by atoms with E-state index < -0.39 is 0 Å². The summed E-state index contributed by atoms with van der Waals surface area (Å²) in [5.74, 6) is 1.88. The molecule has 6 nitrogen and oxygen atoms in total. The third-order valence-electron chi connectivity index (χ3n) is 5.57. The van der Waals surface area contributed by atoms with E-state index in [0.717, 1.165) is 24.3 Å². The molecule has 0 spiro atoms. The normalized spacial score (nSPS) is 15.7. The second-order valence-corrected chi connectivity index (χ2v) is 8.83. The number of hydrogen-bond donors (Lipinski definition) is 1. The summed E-state index contributed by atoms with van der Waals surface area (Å²) in [6.45, 7) is 1.00. The summed E-state index contributed by atoms with van der Waals surface area (Å²) >= 11 is 7.88. The van der Waals surface area contributed by atoms with Crippen LogP contribution in [0.25, 0.3) is 0 Å². The summed E-state index contributed by atoms with van der Waals surface area (Å²) in [5, 5.41) is 5.46. The number of hydrogen-bond acceptors (Lipinski definition) is 6. The van der Waals surface area contributed by atoms with Gasteiger partial charge in [0.15, 0.2) is 11.5 Å². The van der Waals surface area contributed by atoms with E-state index in [1.54, 1.807) is 50.9 Å². The number of ether oxygens (including phenoxy) is 3. The van der Waals surface area contributed by atoms with E-state index in [1.165, 1.54) is 10.4 Å². The standard InChI is InChI=1S/C24H25ClN2O4S/c1-29-19-7-6-16(12-18(19)25)26-23(28)14-27-9-8-15-11-20(30-2)21(31-3)13-17(15)24(27)22-5-4-10-32-22/h4-7,10-13,24H,8-9,14H2,1-3H3,(H,26,28). The maximum absolute atomic E-state index is 12.9. The fraction of sp³-hybridized carbons (Fsp3) is 0.292. The molecule has 2 heterocycles. The van der Waals surface area contributed by atoms with Crippen molar-refractivity contribution in [3.8, 4) is 17.2 Å². The van der Waals surface area contributed by atoms with Gasteiger partial charge >= 0.3 is 0 Å². The van der Waals surface area contributed by atoms with Gasteiger partial charge in [-0.3, -0.25) is 9.69 Å². The van der Waals surface area contributed by atoms with Crippen LogP contribution < -0.4 is 19.5 Å². The maximum Gasteiger partial charge on any atom is 0.238 e. The summed E-state index contributed by atoms with van der Waals surface area (Å²) in [4.78, 5) is 16.3. The van der Waals surface area contributed by atoms with Gasteiger partial charge in [-0.15, -0.1) is 11.3 Å². The summed E-state index contributed by atoms with van der Waals surface area (Å²) < 4.78 is 16.2. The molecule has 0 saturated carbocycles. The zero-order valence-corrected chi connectivity index (χ0v) is 19.8. The number of methoxy groups -OCH3 is 3. The highest BCUT2D eigenvalue weighted by molar-refractivity contribution is 7.10. The molecule has 1 unspecified atom stereocenters. The van der Waals surface area contributed by atoms with Crippen LogP contribution in [0.3, 0.4) is 0 Å². The molecular weight excluding hydrogens is 448 g/mol. The van der Waals surface area contributed by atoms with E-state index in [4.69, 9.17) is 25.8 Å². The number of benzene rings is 2. The minimum atomic E-state index is -0.100. The van der Waals surface area contributed by atoms with Gasteiger partial charge in [-0.2, -0.15) is 0 Å². The molecule has 1 aromatic heterocycles. The molecule has 1 N–H and O–H groups in total. The van der Waals surface area contributed by atoms with Crippen molar-refractivity contribution in [2.75, 3.05) is 39.7 Å². The zero-order valence-electron chi connectivity index (χ0n) is 18.2. The van der Waals surface area contributed by atoms with Crippen LogP contribution in [0.1, 0.15) is 22.0 Å². The lowest BCUT2D eigenvalue weighted by atomic mass is 9.91. The first kappa shape index (κ1) is 22.5. The molecule has 168 valence electrons. The Kier molecular flexibility index (Phi) is 6.89. The van der Waals surface area contributed by atoms with Crippen molar-refractivity contribution < 1.29 is 19.0 Å². The first-order valence-corrected chi connectivity index (χ1v) is 11.5. The second-order valence-electron chi connectivity index (χ2n) is 7.44. The van der Waals surface area contributed by atoms with Gasteiger partial charge in [0.1, 0.15) is 5.75 Å². The predicted molar refractivity (Wildman–Crippen MR) is 128 cm³/mol. The van der Waals surface area contributed by atoms with Gasteiger partial charge in [0.05, 0.1) is 38.9 Å². The molecule has 0 aliphatic carbocycles. The smallest absolute Gasteiger partial charge is 0.238 e. The number of thiophene rings is 1. The Morgan fingerprint density at radius 1 is 1.09 bits per heavy atom. The van der Waals surface area contributed by atoms with Gasteiger partial charge < -0.3 is 19.5 Å². The van der Waals surface area contributed by atoms with Crippen molar-refractivity contribution in [2.24, 2.45) is 0 Å². The molecule has 1 atom stereocenters. The molecule has 0 fully saturated rings. The lowest BCUT2D eigenvalue weighted by molar-refractivity contribution is -0.117. The molecule has 0 bridgehead atoms. The van der Waals surface area contributed by atoms with Crippen LogP contribution >= 0.6 is 22.9 Å². The molecule has 32 heavy (non-hydrogen) atoms. The van der Waals surface area contributed by atoms with E-state index in [0.29, 0.717) is 22.2 Å². The van der Waals surface area contributed by atoms with Crippen molar-refractivity contribution in [2.45, 2.75) is 12.5 Å². The topological polar surface area (TPSA) is 60.0 Å². The number of amides is 1. The highest BCUT2D eigenvalue weighted by atomic mass is 35.5. The first-order valence-electron chi connectivity index (χ1n) is 10.2. The summed E-state index contributed by atoms with van der Waals surface area (Å²) in [5.41, 5.74) is 2.98. The molecule has 4 rings (SSSR count). The van der Waals surface area contributed by atoms with Gasteiger partial charge in [-0.25, -0.2) is 0 Å². The predicted octanol–water partition coefficient (Wildman–Crippen LogP) is 5.01. The van der Waals surface area contributed by atoms with Crippen LogP contribution in [0.2, 0.25) is 5.02 Å². The van der Waals surface area contributed by atoms with Crippen LogP contribution in [0.15, 0.2) is 47.8 Å². The molecule has 2 aromatic carbocycles. The van der Waals surface area contributed by atoms with Crippen LogP contribution in [-0.2, 0) is 11.2 Å². The van der Waals surface area contributed by atoms with E-state index in [9.17, 15) is 4.79 Å². The Bertz CT molecular complexity index is 1100. The number of halogens is 1. The lowest BCUT2D eigenvalue weighted by Crippen LogP contribution is -2.40. The zero-order chi connectivity index (χ0) is 22.7. The fourth-order valence-electron chi connectivity index (χ4n) is 4.08. The fourth-order valence-corrected chi connectivity index (χ4v) is 5.21. The van der Waals surface area contributed by atoms with Gasteiger partial charge in [0, 0.05) is 17.1 Å². The van der Waals surface area contributed by atoms with Crippen LogP contribution in [-0.4, -0.2) is 45.2 Å². The maximum atomic E-state index is 12.9. The first-order chi connectivity index (χ1) is 15.5. The van der Waals surface area contributed by atoms with Crippen LogP contribution in [0, 0.1) is 0 Å². The number of nitrogens with one attached hydrogen (secondary N) is 1. The monoisotopic (exact) mass is 472 g/mol. The molecular formula is C24H25ClN2O4S. The highest BCUT2D eigenvalue weighted by Crippen LogP contribution is 2.42. The lowest BCUT2D eigenvalue weighted by Gasteiger charge is -2.37. The molecule has 1 amide bonds. The second kappa shape index (κ2) is 9.81.